The van der Waals surface area contributed by atoms with Crippen LogP contribution in [-0.2, 0) is 4.74 Å². The van der Waals surface area contributed by atoms with Crippen LogP contribution in [0.4, 0.5) is 0 Å². The van der Waals surface area contributed by atoms with Crippen LogP contribution in [0.5, 0.6) is 0 Å². The molecule has 0 bridgehead atoms. The molecule has 1 heterocycles. The van der Waals surface area contributed by atoms with Gasteiger partial charge in [-0.25, -0.2) is 0 Å². The quantitative estimate of drug-likeness (QED) is 0.828. The van der Waals surface area contributed by atoms with Gasteiger partial charge in [0.2, 0.25) is 0 Å². The number of likely N-dealkylation sites (N-methyl/N-ethyl adjacent to an activating group) is 1. The molecule has 0 aliphatic rings. The Morgan fingerprint density at radius 1 is 1.59 bits per heavy atom. The van der Waals surface area contributed by atoms with Crippen LogP contribution in [0.2, 0.25) is 0 Å². The summed E-state index contributed by atoms with van der Waals surface area (Å²) in [5.41, 5.74) is -0.103. The van der Waals surface area contributed by atoms with Gasteiger partial charge in [0.15, 0.2) is 5.43 Å². The van der Waals surface area contributed by atoms with Gasteiger partial charge in [0, 0.05) is 32.1 Å². The highest BCUT2D eigenvalue weighted by atomic mass is 16.5. The summed E-state index contributed by atoms with van der Waals surface area (Å²) in [4.78, 5) is 28.1. The average Bonchev–Trinajstić information content (AvgIpc) is 2.30. The van der Waals surface area contributed by atoms with E-state index >= 15 is 0 Å². The molecule has 1 rings (SSSR count). The molecular formula is C12H18N2O3. The molecular weight excluding hydrogens is 220 g/mol. The summed E-state index contributed by atoms with van der Waals surface area (Å²) < 4.78 is 5.02. The number of aromatic amines is 1. The molecule has 1 amide bonds. The van der Waals surface area contributed by atoms with Gasteiger partial charge >= 0.3 is 0 Å². The fraction of sp³-hybridized carbons (Fsp3) is 0.500. The van der Waals surface area contributed by atoms with Crippen LogP contribution >= 0.6 is 0 Å². The molecule has 0 aliphatic carbocycles. The lowest BCUT2D eigenvalue weighted by Gasteiger charge is -2.27. The number of hydrogen-bond donors (Lipinski definition) is 1. The highest BCUT2D eigenvalue weighted by molar-refractivity contribution is 5.93. The van der Waals surface area contributed by atoms with E-state index in [4.69, 9.17) is 4.74 Å². The number of hydrogen-bond acceptors (Lipinski definition) is 3. The third-order valence-corrected chi connectivity index (χ3v) is 2.60. The molecule has 1 N–H and O–H groups in total. The summed E-state index contributed by atoms with van der Waals surface area (Å²) >= 11 is 0. The van der Waals surface area contributed by atoms with Crippen molar-refractivity contribution < 1.29 is 9.53 Å². The van der Waals surface area contributed by atoms with Crippen molar-refractivity contribution in [1.82, 2.24) is 9.88 Å². The van der Waals surface area contributed by atoms with Crippen LogP contribution in [0, 0.1) is 0 Å². The lowest BCUT2D eigenvalue weighted by Crippen LogP contribution is -2.42. The van der Waals surface area contributed by atoms with Crippen LogP contribution in [0.1, 0.15) is 24.2 Å². The first-order valence-corrected chi connectivity index (χ1v) is 5.58. The van der Waals surface area contributed by atoms with Gasteiger partial charge in [0.05, 0.1) is 12.6 Å². The smallest absolute Gasteiger partial charge is 0.259 e. The van der Waals surface area contributed by atoms with Gasteiger partial charge < -0.3 is 14.6 Å². The van der Waals surface area contributed by atoms with Crippen LogP contribution in [0.3, 0.4) is 0 Å². The number of nitrogens with zero attached hydrogens (tertiary/aromatic N) is 1. The Morgan fingerprint density at radius 2 is 2.29 bits per heavy atom. The highest BCUT2D eigenvalue weighted by Gasteiger charge is 2.21. The normalized spacial score (nSPS) is 12.2. The minimum Gasteiger partial charge on any atom is -0.383 e. The molecule has 0 saturated carbocycles. The fourth-order valence-corrected chi connectivity index (χ4v) is 1.72. The molecule has 1 aromatic rings. The Balaban J connectivity index is 2.94. The van der Waals surface area contributed by atoms with E-state index in [1.165, 1.54) is 18.5 Å². The standard InChI is InChI=1S/C12H18N2O3/c1-4-14(9(2)8-17-3)12(16)10-7-13-6-5-11(10)15/h5-7,9H,4,8H2,1-3H3,(H,13,15). The van der Waals surface area contributed by atoms with Crippen molar-refractivity contribution >= 4 is 5.91 Å². The molecule has 0 saturated heterocycles. The molecule has 1 unspecified atom stereocenters. The number of aromatic nitrogens is 1. The van der Waals surface area contributed by atoms with Crippen molar-refractivity contribution in [3.8, 4) is 0 Å². The summed E-state index contributed by atoms with van der Waals surface area (Å²) in [6.45, 7) is 4.76. The molecule has 5 heteroatoms. The zero-order valence-electron chi connectivity index (χ0n) is 10.4. The summed E-state index contributed by atoms with van der Waals surface area (Å²) in [7, 11) is 1.59. The van der Waals surface area contributed by atoms with Crippen molar-refractivity contribution in [2.24, 2.45) is 0 Å². The van der Waals surface area contributed by atoms with Gasteiger partial charge in [-0.3, -0.25) is 9.59 Å². The van der Waals surface area contributed by atoms with E-state index in [-0.39, 0.29) is 22.9 Å². The number of nitrogens with one attached hydrogen (secondary N) is 1. The lowest BCUT2D eigenvalue weighted by molar-refractivity contribution is 0.0577. The zero-order valence-corrected chi connectivity index (χ0v) is 10.4. The lowest BCUT2D eigenvalue weighted by atomic mass is 10.2. The minimum atomic E-state index is -0.267. The zero-order chi connectivity index (χ0) is 12.8. The van der Waals surface area contributed by atoms with E-state index in [9.17, 15) is 9.59 Å². The molecule has 0 aromatic carbocycles. The molecule has 1 aromatic heterocycles. The van der Waals surface area contributed by atoms with E-state index in [0.717, 1.165) is 0 Å². The molecule has 5 nitrogen and oxygen atoms in total. The fourth-order valence-electron chi connectivity index (χ4n) is 1.72. The van der Waals surface area contributed by atoms with Crippen LogP contribution in [0.25, 0.3) is 0 Å². The number of amides is 1. The molecule has 0 radical (unpaired) electrons. The van der Waals surface area contributed by atoms with Crippen molar-refractivity contribution in [3.05, 3.63) is 34.2 Å². The van der Waals surface area contributed by atoms with Gasteiger partial charge in [-0.1, -0.05) is 0 Å². The maximum Gasteiger partial charge on any atom is 0.259 e. The number of pyridine rings is 1. The Hall–Kier alpha value is -1.62. The topological polar surface area (TPSA) is 62.4 Å². The third-order valence-electron chi connectivity index (χ3n) is 2.60. The predicted octanol–water partition coefficient (Wildman–Crippen LogP) is 0.872. The first-order chi connectivity index (χ1) is 8.11. The number of methoxy groups -OCH3 is 1. The molecule has 0 fully saturated rings. The molecule has 94 valence electrons. The van der Waals surface area contributed by atoms with E-state index in [0.29, 0.717) is 13.2 Å². The number of carbonyl (C=O) groups is 1. The first kappa shape index (κ1) is 13.4. The van der Waals surface area contributed by atoms with Crippen LogP contribution in [-0.4, -0.2) is 42.1 Å². The van der Waals surface area contributed by atoms with Crippen molar-refractivity contribution in [3.63, 3.8) is 0 Å². The van der Waals surface area contributed by atoms with Gasteiger partial charge in [-0.05, 0) is 13.8 Å². The Morgan fingerprint density at radius 3 is 2.82 bits per heavy atom. The Kier molecular flexibility index (Phi) is 4.90. The number of rotatable bonds is 5. The van der Waals surface area contributed by atoms with Crippen molar-refractivity contribution in [2.75, 3.05) is 20.3 Å². The van der Waals surface area contributed by atoms with Crippen molar-refractivity contribution in [1.29, 1.82) is 0 Å². The predicted molar refractivity (Wildman–Crippen MR) is 65.1 cm³/mol. The van der Waals surface area contributed by atoms with E-state index in [1.807, 2.05) is 13.8 Å². The molecule has 17 heavy (non-hydrogen) atoms. The van der Waals surface area contributed by atoms with Crippen LogP contribution in [0.15, 0.2) is 23.3 Å². The third kappa shape index (κ3) is 3.17. The summed E-state index contributed by atoms with van der Waals surface area (Å²) in [5.74, 6) is -0.265. The second-order valence-electron chi connectivity index (χ2n) is 3.82. The first-order valence-electron chi connectivity index (χ1n) is 5.58. The van der Waals surface area contributed by atoms with Crippen LogP contribution < -0.4 is 5.43 Å². The monoisotopic (exact) mass is 238 g/mol. The maximum absolute atomic E-state index is 12.2. The molecule has 0 aliphatic heterocycles. The van der Waals surface area contributed by atoms with Gasteiger partial charge in [-0.2, -0.15) is 0 Å². The summed E-state index contributed by atoms with van der Waals surface area (Å²) in [6, 6.07) is 1.29. The van der Waals surface area contributed by atoms with Gasteiger partial charge in [0.25, 0.3) is 5.91 Å². The number of H-pyrrole nitrogens is 1. The second-order valence-corrected chi connectivity index (χ2v) is 3.82. The van der Waals surface area contributed by atoms with E-state index in [1.54, 1.807) is 12.0 Å². The molecule has 1 atom stereocenters. The average molecular weight is 238 g/mol. The largest absolute Gasteiger partial charge is 0.383 e. The highest BCUT2D eigenvalue weighted by Crippen LogP contribution is 2.05. The second kappa shape index (κ2) is 6.20. The summed E-state index contributed by atoms with van der Waals surface area (Å²) in [6.07, 6.45) is 2.95. The Bertz CT molecular complexity index is 428. The van der Waals surface area contributed by atoms with E-state index in [2.05, 4.69) is 4.98 Å². The Labute approximate surface area is 100 Å². The minimum absolute atomic E-state index is 0.0582. The van der Waals surface area contributed by atoms with E-state index < -0.39 is 0 Å². The van der Waals surface area contributed by atoms with Gasteiger partial charge in [-0.15, -0.1) is 0 Å². The molecule has 0 spiro atoms. The maximum atomic E-state index is 12.2. The van der Waals surface area contributed by atoms with Gasteiger partial charge in [0.1, 0.15) is 5.56 Å². The number of ether oxygens (including phenoxy) is 1. The summed E-state index contributed by atoms with van der Waals surface area (Å²) in [5, 5.41) is 0. The SMILES string of the molecule is CCN(C(=O)c1c[nH]ccc1=O)C(C)COC. The van der Waals surface area contributed by atoms with Crippen molar-refractivity contribution in [2.45, 2.75) is 19.9 Å². The number of carbonyl (C=O) groups excluding carboxylic acids is 1.